The van der Waals surface area contributed by atoms with E-state index in [2.05, 4.69) is 0 Å². The molecule has 0 aromatic heterocycles. The van der Waals surface area contributed by atoms with Crippen molar-refractivity contribution in [2.45, 2.75) is 39.0 Å². The second-order valence-electron chi connectivity index (χ2n) is 5.92. The molecule has 0 saturated carbocycles. The summed E-state index contributed by atoms with van der Waals surface area (Å²) in [5.74, 6) is -0.689. The number of ether oxygens (including phenoxy) is 2. The van der Waals surface area contributed by atoms with Crippen molar-refractivity contribution in [2.24, 2.45) is 0 Å². The van der Waals surface area contributed by atoms with Crippen LogP contribution in [0.3, 0.4) is 0 Å². The molecule has 1 aromatic rings. The molecule has 23 heavy (non-hydrogen) atoms. The number of carbonyl (C=O) groups excluding carboxylic acids is 2. The maximum Gasteiger partial charge on any atom is 0.424 e. The highest BCUT2D eigenvalue weighted by Gasteiger charge is 2.44. The van der Waals surface area contributed by atoms with E-state index in [0.717, 1.165) is 9.87 Å². The fraction of sp³-hybridized carbons (Fsp3) is 0.467. The molecule has 7 nitrogen and oxygen atoms in total. The van der Waals surface area contributed by atoms with E-state index in [9.17, 15) is 13.8 Å². The predicted octanol–water partition coefficient (Wildman–Crippen LogP) is 1.94. The summed E-state index contributed by atoms with van der Waals surface area (Å²) >= 11 is -2.07. The van der Waals surface area contributed by atoms with Crippen LogP contribution < -0.4 is 0 Å². The number of carbonyl (C=O) groups is 2. The average molecular weight is 341 g/mol. The SMILES string of the molecule is CC(C)(C)OC(=O)N1C(C(=O)OCc2ccccc2)COS1=O. The Bertz CT molecular complexity index is 598. The third kappa shape index (κ3) is 4.77. The molecule has 2 unspecified atom stereocenters. The first-order chi connectivity index (χ1) is 10.8. The van der Waals surface area contributed by atoms with Crippen LogP contribution in [0.1, 0.15) is 26.3 Å². The molecule has 126 valence electrons. The fourth-order valence-electron chi connectivity index (χ4n) is 1.83. The van der Waals surface area contributed by atoms with Gasteiger partial charge in [-0.05, 0) is 26.3 Å². The van der Waals surface area contributed by atoms with E-state index in [4.69, 9.17) is 13.7 Å². The van der Waals surface area contributed by atoms with Gasteiger partial charge in [-0.1, -0.05) is 30.3 Å². The molecule has 0 spiro atoms. The van der Waals surface area contributed by atoms with Crippen molar-refractivity contribution in [1.82, 2.24) is 4.31 Å². The molecule has 1 heterocycles. The van der Waals surface area contributed by atoms with Crippen molar-refractivity contribution in [3.05, 3.63) is 35.9 Å². The first-order valence-corrected chi connectivity index (χ1v) is 8.09. The summed E-state index contributed by atoms with van der Waals surface area (Å²) in [5.41, 5.74) is 0.0345. The van der Waals surface area contributed by atoms with E-state index in [1.165, 1.54) is 0 Å². The van der Waals surface area contributed by atoms with Gasteiger partial charge in [-0.2, -0.15) is 4.31 Å². The third-order valence-electron chi connectivity index (χ3n) is 2.84. The molecule has 1 amide bonds. The van der Waals surface area contributed by atoms with Crippen LogP contribution in [0.5, 0.6) is 0 Å². The quantitative estimate of drug-likeness (QED) is 0.782. The van der Waals surface area contributed by atoms with Crippen LogP contribution in [0.25, 0.3) is 0 Å². The van der Waals surface area contributed by atoms with E-state index in [1.54, 1.807) is 20.8 Å². The van der Waals surface area contributed by atoms with Crippen molar-refractivity contribution >= 4 is 23.3 Å². The van der Waals surface area contributed by atoms with Crippen LogP contribution in [0.15, 0.2) is 30.3 Å². The van der Waals surface area contributed by atoms with Gasteiger partial charge in [0.25, 0.3) is 11.3 Å². The third-order valence-corrected chi connectivity index (χ3v) is 3.90. The van der Waals surface area contributed by atoms with Crippen LogP contribution in [0, 0.1) is 0 Å². The molecule has 2 atom stereocenters. The van der Waals surface area contributed by atoms with Crippen LogP contribution >= 0.6 is 0 Å². The van der Waals surface area contributed by atoms with Gasteiger partial charge in [0.1, 0.15) is 12.2 Å². The van der Waals surface area contributed by atoms with Crippen molar-refractivity contribution in [3.63, 3.8) is 0 Å². The molecular formula is C15H19NO6S. The normalized spacial score (nSPS) is 21.1. The van der Waals surface area contributed by atoms with Crippen LogP contribution in [0.2, 0.25) is 0 Å². The molecule has 0 bridgehead atoms. The fourth-order valence-corrected chi connectivity index (χ4v) is 2.71. The second-order valence-corrected chi connectivity index (χ2v) is 6.98. The van der Waals surface area contributed by atoms with Gasteiger partial charge in [0, 0.05) is 0 Å². The first kappa shape index (κ1) is 17.4. The Kier molecular flexibility index (Phi) is 5.38. The lowest BCUT2D eigenvalue weighted by atomic mass is 10.2. The van der Waals surface area contributed by atoms with Crippen LogP contribution in [-0.4, -0.2) is 38.8 Å². The maximum atomic E-state index is 12.2. The lowest BCUT2D eigenvalue weighted by Gasteiger charge is -2.24. The topological polar surface area (TPSA) is 82.1 Å². The summed E-state index contributed by atoms with van der Waals surface area (Å²) < 4.78 is 27.8. The minimum Gasteiger partial charge on any atom is -0.459 e. The highest BCUT2D eigenvalue weighted by atomic mass is 32.2. The van der Waals surface area contributed by atoms with E-state index < -0.39 is 35.0 Å². The van der Waals surface area contributed by atoms with Crippen molar-refractivity contribution < 1.29 is 27.5 Å². The monoisotopic (exact) mass is 341 g/mol. The Labute approximate surface area is 137 Å². The summed E-state index contributed by atoms with van der Waals surface area (Å²) in [6.45, 7) is 4.89. The Morgan fingerprint density at radius 1 is 1.30 bits per heavy atom. The molecular weight excluding hydrogens is 322 g/mol. The lowest BCUT2D eigenvalue weighted by Crippen LogP contribution is -2.45. The van der Waals surface area contributed by atoms with Crippen molar-refractivity contribution in [2.75, 3.05) is 6.61 Å². The average Bonchev–Trinajstić information content (AvgIpc) is 2.86. The highest BCUT2D eigenvalue weighted by Crippen LogP contribution is 2.21. The molecule has 1 saturated heterocycles. The summed E-state index contributed by atoms with van der Waals surface area (Å²) in [4.78, 5) is 24.2. The molecule has 1 aliphatic rings. The zero-order valence-corrected chi connectivity index (χ0v) is 14.0. The smallest absolute Gasteiger partial charge is 0.424 e. The van der Waals surface area contributed by atoms with Gasteiger partial charge in [0.15, 0.2) is 6.04 Å². The standard InChI is InChI=1S/C15H19NO6S/c1-15(2,3)22-14(18)16-12(10-21-23(16)19)13(17)20-9-11-7-5-4-6-8-11/h4-8,12H,9-10H2,1-3H3. The summed E-state index contributed by atoms with van der Waals surface area (Å²) in [5, 5.41) is 0. The van der Waals surface area contributed by atoms with E-state index in [1.807, 2.05) is 30.3 Å². The predicted molar refractivity (Wildman–Crippen MR) is 82.2 cm³/mol. The molecule has 1 aromatic carbocycles. The second kappa shape index (κ2) is 7.10. The van der Waals surface area contributed by atoms with Gasteiger partial charge in [-0.25, -0.2) is 13.8 Å². The highest BCUT2D eigenvalue weighted by molar-refractivity contribution is 7.78. The number of rotatable bonds is 3. The van der Waals surface area contributed by atoms with Gasteiger partial charge in [-0.3, -0.25) is 4.18 Å². The number of nitrogens with zero attached hydrogens (tertiary/aromatic N) is 1. The Hall–Kier alpha value is -1.93. The Morgan fingerprint density at radius 3 is 2.57 bits per heavy atom. The largest absolute Gasteiger partial charge is 0.459 e. The molecule has 0 aliphatic carbocycles. The zero-order chi connectivity index (χ0) is 17.0. The van der Waals surface area contributed by atoms with Gasteiger partial charge >= 0.3 is 12.1 Å². The van der Waals surface area contributed by atoms with E-state index in [0.29, 0.717) is 0 Å². The maximum absolute atomic E-state index is 12.2. The lowest BCUT2D eigenvalue weighted by molar-refractivity contribution is -0.149. The summed E-state index contributed by atoms with van der Waals surface area (Å²) in [7, 11) is 0. The van der Waals surface area contributed by atoms with Crippen molar-refractivity contribution in [3.8, 4) is 0 Å². The molecule has 0 N–H and O–H groups in total. The molecule has 8 heteroatoms. The Balaban J connectivity index is 2.00. The van der Waals surface area contributed by atoms with Crippen molar-refractivity contribution in [1.29, 1.82) is 0 Å². The summed E-state index contributed by atoms with van der Waals surface area (Å²) in [6.07, 6.45) is -0.880. The minimum atomic E-state index is -2.07. The first-order valence-electron chi connectivity index (χ1n) is 7.06. The van der Waals surface area contributed by atoms with Gasteiger partial charge in [-0.15, -0.1) is 0 Å². The zero-order valence-electron chi connectivity index (χ0n) is 13.2. The number of esters is 1. The molecule has 0 radical (unpaired) electrons. The van der Waals surface area contributed by atoms with Gasteiger partial charge in [0.2, 0.25) is 0 Å². The van der Waals surface area contributed by atoms with Gasteiger partial charge < -0.3 is 9.47 Å². The molecule has 1 aliphatic heterocycles. The van der Waals surface area contributed by atoms with E-state index >= 15 is 0 Å². The van der Waals surface area contributed by atoms with E-state index in [-0.39, 0.29) is 13.2 Å². The number of benzene rings is 1. The number of hydrogen-bond donors (Lipinski definition) is 0. The Morgan fingerprint density at radius 2 is 1.96 bits per heavy atom. The van der Waals surface area contributed by atoms with Gasteiger partial charge in [0.05, 0.1) is 6.61 Å². The van der Waals surface area contributed by atoms with Crippen LogP contribution in [0.4, 0.5) is 4.79 Å². The number of amides is 1. The molecule has 2 rings (SSSR count). The molecule has 1 fully saturated rings. The van der Waals surface area contributed by atoms with Crippen LogP contribution in [-0.2, 0) is 36.3 Å². The summed E-state index contributed by atoms with van der Waals surface area (Å²) in [6, 6.07) is 8.02. The minimum absolute atomic E-state index is 0.0605. The number of hydrogen-bond acceptors (Lipinski definition) is 6.